The van der Waals surface area contributed by atoms with E-state index in [1.807, 2.05) is 31.2 Å². The molecule has 0 saturated carbocycles. The zero-order chi connectivity index (χ0) is 11.4. The maximum absolute atomic E-state index is 11.3. The van der Waals surface area contributed by atoms with Crippen molar-refractivity contribution in [3.63, 3.8) is 0 Å². The highest BCUT2D eigenvalue weighted by Gasteiger charge is 2.24. The summed E-state index contributed by atoms with van der Waals surface area (Å²) in [6, 6.07) is 7.46. The largest absolute Gasteiger partial charge is 0.469 e. The monoisotopic (exact) mass is 208 g/mol. The number of rotatable bonds is 3. The molecule has 1 unspecified atom stereocenters. The van der Waals surface area contributed by atoms with Crippen LogP contribution in [0.15, 0.2) is 24.3 Å². The van der Waals surface area contributed by atoms with Crippen LogP contribution in [-0.4, -0.2) is 18.2 Å². The van der Waals surface area contributed by atoms with E-state index in [9.17, 15) is 9.90 Å². The van der Waals surface area contributed by atoms with E-state index in [1.54, 1.807) is 6.92 Å². The molecular weight excluding hydrogens is 192 g/mol. The van der Waals surface area contributed by atoms with Crippen LogP contribution in [0.4, 0.5) is 0 Å². The molecule has 0 heterocycles. The van der Waals surface area contributed by atoms with Crippen LogP contribution in [0.5, 0.6) is 0 Å². The fourth-order valence-corrected chi connectivity index (χ4v) is 1.50. The Balaban J connectivity index is 2.89. The van der Waals surface area contributed by atoms with Crippen molar-refractivity contribution in [3.8, 4) is 0 Å². The Morgan fingerprint density at radius 2 is 2.00 bits per heavy atom. The van der Waals surface area contributed by atoms with E-state index in [0.717, 1.165) is 11.1 Å². The number of esters is 1. The summed E-state index contributed by atoms with van der Waals surface area (Å²) in [4.78, 5) is 11.3. The van der Waals surface area contributed by atoms with Gasteiger partial charge in [0.1, 0.15) is 0 Å². The number of aliphatic hydroxyl groups excluding tert-OH is 1. The lowest BCUT2D eigenvalue weighted by atomic mass is 9.94. The minimum absolute atomic E-state index is 0.397. The van der Waals surface area contributed by atoms with Gasteiger partial charge in [-0.3, -0.25) is 4.79 Å². The van der Waals surface area contributed by atoms with Gasteiger partial charge in [0.25, 0.3) is 0 Å². The molecule has 82 valence electrons. The predicted octanol–water partition coefficient (Wildman–Crippen LogP) is 1.84. The Morgan fingerprint density at radius 1 is 1.40 bits per heavy atom. The van der Waals surface area contributed by atoms with Gasteiger partial charge in [0, 0.05) is 0 Å². The molecule has 2 atom stereocenters. The number of hydrogen-bond acceptors (Lipinski definition) is 3. The van der Waals surface area contributed by atoms with Crippen LogP contribution in [0.2, 0.25) is 0 Å². The molecule has 0 aromatic heterocycles. The Bertz CT molecular complexity index is 346. The highest BCUT2D eigenvalue weighted by Crippen LogP contribution is 2.25. The maximum Gasteiger partial charge on any atom is 0.311 e. The molecule has 1 rings (SSSR count). The van der Waals surface area contributed by atoms with Crippen LogP contribution in [0.3, 0.4) is 0 Å². The third-order valence-electron chi connectivity index (χ3n) is 2.55. The minimum atomic E-state index is -0.807. The van der Waals surface area contributed by atoms with Crippen LogP contribution in [0.25, 0.3) is 0 Å². The molecule has 3 nitrogen and oxygen atoms in total. The number of hydrogen-bond donors (Lipinski definition) is 1. The number of carbonyl (C=O) groups excluding carboxylic acids is 1. The molecule has 0 radical (unpaired) electrons. The number of ether oxygens (including phenoxy) is 1. The summed E-state index contributed by atoms with van der Waals surface area (Å²) in [5, 5.41) is 9.97. The average molecular weight is 208 g/mol. The normalized spacial score (nSPS) is 14.4. The van der Waals surface area contributed by atoms with Crippen molar-refractivity contribution < 1.29 is 14.6 Å². The summed E-state index contributed by atoms with van der Waals surface area (Å²) in [6.07, 6.45) is -0.807. The molecule has 15 heavy (non-hydrogen) atoms. The number of benzene rings is 1. The summed E-state index contributed by atoms with van der Waals surface area (Å²) < 4.78 is 4.60. The molecule has 1 aromatic rings. The molecular formula is C12H16O3. The zero-order valence-electron chi connectivity index (χ0n) is 9.23. The van der Waals surface area contributed by atoms with Gasteiger partial charge in [0.2, 0.25) is 0 Å². The number of aryl methyl sites for hydroxylation is 1. The van der Waals surface area contributed by atoms with Crippen molar-refractivity contribution in [3.05, 3.63) is 35.4 Å². The molecule has 0 fully saturated rings. The topological polar surface area (TPSA) is 46.5 Å². The second-order valence-corrected chi connectivity index (χ2v) is 3.61. The minimum Gasteiger partial charge on any atom is -0.469 e. The number of methoxy groups -OCH3 is 1. The summed E-state index contributed by atoms with van der Waals surface area (Å²) in [5.41, 5.74) is 1.75. The van der Waals surface area contributed by atoms with Crippen LogP contribution < -0.4 is 0 Å². The Morgan fingerprint density at radius 3 is 2.53 bits per heavy atom. The van der Waals surface area contributed by atoms with Crippen molar-refractivity contribution in [1.82, 2.24) is 0 Å². The van der Waals surface area contributed by atoms with Gasteiger partial charge in [-0.2, -0.15) is 0 Å². The molecule has 0 spiro atoms. The van der Waals surface area contributed by atoms with E-state index in [0.29, 0.717) is 0 Å². The van der Waals surface area contributed by atoms with Gasteiger partial charge in [0.15, 0.2) is 0 Å². The van der Waals surface area contributed by atoms with Crippen molar-refractivity contribution in [2.45, 2.75) is 20.0 Å². The quantitative estimate of drug-likeness (QED) is 0.771. The maximum atomic E-state index is 11.3. The first-order valence-corrected chi connectivity index (χ1v) is 4.89. The van der Waals surface area contributed by atoms with Gasteiger partial charge >= 0.3 is 5.97 Å². The van der Waals surface area contributed by atoms with Crippen molar-refractivity contribution in [2.24, 2.45) is 5.92 Å². The molecule has 0 aliphatic rings. The molecule has 0 amide bonds. The average Bonchev–Trinajstić information content (AvgIpc) is 2.26. The molecule has 0 aliphatic carbocycles. The SMILES string of the molecule is COC(=O)C(C)[C@H](O)c1ccccc1C. The second kappa shape index (κ2) is 4.94. The van der Waals surface area contributed by atoms with E-state index in [4.69, 9.17) is 0 Å². The number of carbonyl (C=O) groups is 1. The predicted molar refractivity (Wildman–Crippen MR) is 57.3 cm³/mol. The molecule has 1 aromatic carbocycles. The van der Waals surface area contributed by atoms with Crippen LogP contribution in [0, 0.1) is 12.8 Å². The Labute approximate surface area is 89.7 Å². The third-order valence-corrected chi connectivity index (χ3v) is 2.55. The van der Waals surface area contributed by atoms with Gasteiger partial charge in [-0.1, -0.05) is 24.3 Å². The van der Waals surface area contributed by atoms with Crippen LogP contribution in [-0.2, 0) is 9.53 Å². The van der Waals surface area contributed by atoms with Crippen molar-refractivity contribution in [1.29, 1.82) is 0 Å². The van der Waals surface area contributed by atoms with E-state index < -0.39 is 18.0 Å². The molecule has 1 N–H and O–H groups in total. The van der Waals surface area contributed by atoms with Gasteiger partial charge in [-0.25, -0.2) is 0 Å². The standard InChI is InChI=1S/C12H16O3/c1-8-6-4-5-7-10(8)11(13)9(2)12(14)15-3/h4-7,9,11,13H,1-3H3/t9?,11-/m0/s1. The van der Waals surface area contributed by atoms with Gasteiger partial charge < -0.3 is 9.84 Å². The van der Waals surface area contributed by atoms with E-state index in [-0.39, 0.29) is 0 Å². The summed E-state index contributed by atoms with van der Waals surface area (Å²) in [7, 11) is 1.32. The first-order chi connectivity index (χ1) is 7.07. The molecule has 0 bridgehead atoms. The third kappa shape index (κ3) is 2.57. The lowest BCUT2D eigenvalue weighted by molar-refractivity contribution is -0.148. The van der Waals surface area contributed by atoms with Crippen LogP contribution in [0.1, 0.15) is 24.2 Å². The van der Waals surface area contributed by atoms with Gasteiger partial charge in [-0.15, -0.1) is 0 Å². The summed E-state index contributed by atoms with van der Waals surface area (Å²) in [6.45, 7) is 3.56. The lowest BCUT2D eigenvalue weighted by Gasteiger charge is -2.18. The Hall–Kier alpha value is -1.35. The Kier molecular flexibility index (Phi) is 3.86. The first kappa shape index (κ1) is 11.7. The van der Waals surface area contributed by atoms with E-state index in [1.165, 1.54) is 7.11 Å². The summed E-state index contributed by atoms with van der Waals surface area (Å²) in [5.74, 6) is -0.943. The fraction of sp³-hybridized carbons (Fsp3) is 0.417. The lowest BCUT2D eigenvalue weighted by Crippen LogP contribution is -2.21. The fourth-order valence-electron chi connectivity index (χ4n) is 1.50. The van der Waals surface area contributed by atoms with E-state index in [2.05, 4.69) is 4.74 Å². The molecule has 0 saturated heterocycles. The van der Waals surface area contributed by atoms with Crippen LogP contribution >= 0.6 is 0 Å². The zero-order valence-corrected chi connectivity index (χ0v) is 9.23. The molecule has 3 heteroatoms. The number of aliphatic hydroxyl groups is 1. The van der Waals surface area contributed by atoms with Gasteiger partial charge in [-0.05, 0) is 25.0 Å². The second-order valence-electron chi connectivity index (χ2n) is 3.61. The highest BCUT2D eigenvalue weighted by molar-refractivity contribution is 5.72. The molecule has 0 aliphatic heterocycles. The van der Waals surface area contributed by atoms with Crippen molar-refractivity contribution in [2.75, 3.05) is 7.11 Å². The van der Waals surface area contributed by atoms with Gasteiger partial charge in [0.05, 0.1) is 19.1 Å². The van der Waals surface area contributed by atoms with Crippen molar-refractivity contribution >= 4 is 5.97 Å². The van der Waals surface area contributed by atoms with E-state index >= 15 is 0 Å². The smallest absolute Gasteiger partial charge is 0.311 e. The highest BCUT2D eigenvalue weighted by atomic mass is 16.5. The first-order valence-electron chi connectivity index (χ1n) is 4.89. The summed E-state index contributed by atoms with van der Waals surface area (Å²) >= 11 is 0.